The fourth-order valence-electron chi connectivity index (χ4n) is 3.53. The van der Waals surface area contributed by atoms with Crippen molar-refractivity contribution in [3.63, 3.8) is 0 Å². The van der Waals surface area contributed by atoms with Gasteiger partial charge in [-0.1, -0.05) is 0 Å². The molecule has 9 N–H and O–H groups in total. The molecule has 2 unspecified atom stereocenters. The van der Waals surface area contributed by atoms with Crippen molar-refractivity contribution >= 4 is 15.6 Å². The lowest BCUT2D eigenvalue weighted by Gasteiger charge is -2.40. The minimum Gasteiger partial charge on any atom is -0.394 e. The van der Waals surface area contributed by atoms with Crippen LogP contribution < -0.4 is 17.0 Å². The fraction of sp³-hybridized carbons (Fsp3) is 0.750. The Morgan fingerprint density at radius 2 is 1.83 bits per heavy atom. The van der Waals surface area contributed by atoms with E-state index in [9.17, 15) is 39.1 Å². The maximum atomic E-state index is 13.0. The maximum absolute atomic E-state index is 13.0. The molecule has 18 nitrogen and oxygen atoms in total. The molecule has 206 valence electrons. The normalized spacial score (nSPS) is 35.0. The van der Waals surface area contributed by atoms with Gasteiger partial charge in [-0.15, -0.1) is 0 Å². The lowest BCUT2D eigenvalue weighted by molar-refractivity contribution is -0.252. The Morgan fingerprint density at radius 1 is 1.17 bits per heavy atom. The molecule has 20 heteroatoms. The predicted molar refractivity (Wildman–Crippen MR) is 114 cm³/mol. The van der Waals surface area contributed by atoms with Crippen LogP contribution >= 0.6 is 15.6 Å². The number of ether oxygens (including phenoxy) is 2. The van der Waals surface area contributed by atoms with Crippen molar-refractivity contribution < 1.29 is 62.2 Å². The SMILES string of the molecule is Cc1cn([C@H]2CC(O)[C@@H](COP(=O)(O[C@@H]3O[C@H](CO)[C@@H](O)[C@@H](N)[C@H]3O)OP(=O)(O)O)O2)c(=O)[nH]c1=O. The van der Waals surface area contributed by atoms with Crippen LogP contribution in [0.4, 0.5) is 0 Å². The first kappa shape index (κ1) is 29.2. The zero-order valence-corrected chi connectivity index (χ0v) is 20.4. The number of hydrogen-bond acceptors (Lipinski definition) is 14. The van der Waals surface area contributed by atoms with Crippen molar-refractivity contribution in [2.75, 3.05) is 13.2 Å². The van der Waals surface area contributed by atoms with Gasteiger partial charge in [0.2, 0.25) is 0 Å². The molecule has 0 aliphatic carbocycles. The van der Waals surface area contributed by atoms with Gasteiger partial charge in [0.25, 0.3) is 5.56 Å². The molecule has 1 aromatic rings. The second kappa shape index (κ2) is 11.2. The highest BCUT2D eigenvalue weighted by Crippen LogP contribution is 2.62. The maximum Gasteiger partial charge on any atom is 0.486 e. The largest absolute Gasteiger partial charge is 0.486 e. The topological polar surface area (TPSA) is 283 Å². The average Bonchev–Trinajstić information content (AvgIpc) is 3.14. The fourth-order valence-corrected chi connectivity index (χ4v) is 5.74. The van der Waals surface area contributed by atoms with E-state index in [1.54, 1.807) is 0 Å². The van der Waals surface area contributed by atoms with Gasteiger partial charge in [0.1, 0.15) is 30.6 Å². The van der Waals surface area contributed by atoms with Gasteiger partial charge in [-0.2, -0.15) is 4.31 Å². The van der Waals surface area contributed by atoms with Gasteiger partial charge >= 0.3 is 21.3 Å². The highest BCUT2D eigenvalue weighted by atomic mass is 31.3. The number of nitrogens with two attached hydrogens (primary N) is 1. The Labute approximate surface area is 202 Å². The number of aliphatic hydroxyl groups is 4. The van der Waals surface area contributed by atoms with Crippen LogP contribution in [-0.4, -0.2) is 95.8 Å². The summed E-state index contributed by atoms with van der Waals surface area (Å²) in [6.07, 6.45) is -9.63. The first-order chi connectivity index (χ1) is 16.6. The minimum absolute atomic E-state index is 0.177. The molecule has 0 bridgehead atoms. The molecular weight excluding hydrogens is 536 g/mol. The number of phosphoric acid groups is 2. The second-order valence-electron chi connectivity index (χ2n) is 8.12. The molecule has 2 aliphatic heterocycles. The van der Waals surface area contributed by atoms with Crippen LogP contribution in [0.25, 0.3) is 0 Å². The zero-order chi connectivity index (χ0) is 27.0. The van der Waals surface area contributed by atoms with E-state index in [2.05, 4.69) is 9.29 Å². The van der Waals surface area contributed by atoms with E-state index in [0.29, 0.717) is 0 Å². The number of H-pyrrole nitrogens is 1. The first-order valence-electron chi connectivity index (χ1n) is 10.4. The van der Waals surface area contributed by atoms with Crippen molar-refractivity contribution in [1.82, 2.24) is 9.55 Å². The summed E-state index contributed by atoms with van der Waals surface area (Å²) in [5.74, 6) is 0. The molecule has 0 amide bonds. The van der Waals surface area contributed by atoms with E-state index < -0.39 is 89.2 Å². The van der Waals surface area contributed by atoms with E-state index >= 15 is 0 Å². The Hall–Kier alpha value is -1.34. The van der Waals surface area contributed by atoms with E-state index in [1.165, 1.54) is 13.1 Å². The Bertz CT molecular complexity index is 1130. The standard InChI is InChI=1S/C16H27N3O15P2/c1-6-3-19(16(25)18-14(6)24)10-2-7(21)9(31-10)5-30-36(29,34-35(26,27)28)33-15-13(23)11(17)12(22)8(4-20)32-15/h3,7-13,15,20-23H,2,4-5,17H2,1H3,(H,18,24,25)(H2,26,27,28)/t7?,8-,9-,10-,11-,12-,13-,15+,36?/m1/s1. The monoisotopic (exact) mass is 563 g/mol. The Balaban J connectivity index is 1.75. The van der Waals surface area contributed by atoms with Crippen molar-refractivity contribution in [3.05, 3.63) is 32.6 Å². The average molecular weight is 563 g/mol. The van der Waals surface area contributed by atoms with E-state index in [4.69, 9.17) is 34.0 Å². The summed E-state index contributed by atoms with van der Waals surface area (Å²) < 4.78 is 49.9. The predicted octanol–water partition coefficient (Wildman–Crippen LogP) is -3.49. The Morgan fingerprint density at radius 3 is 2.44 bits per heavy atom. The smallest absolute Gasteiger partial charge is 0.394 e. The molecule has 0 aromatic carbocycles. The third-order valence-corrected chi connectivity index (χ3v) is 8.02. The molecule has 2 fully saturated rings. The van der Waals surface area contributed by atoms with Crippen molar-refractivity contribution in [1.29, 1.82) is 0 Å². The van der Waals surface area contributed by atoms with Gasteiger partial charge in [0.15, 0.2) is 6.29 Å². The number of nitrogens with one attached hydrogen (secondary N) is 1. The first-order valence-corrected chi connectivity index (χ1v) is 13.4. The molecule has 36 heavy (non-hydrogen) atoms. The molecule has 2 saturated heterocycles. The van der Waals surface area contributed by atoms with E-state index in [0.717, 1.165) is 4.57 Å². The number of rotatable bonds is 9. The molecule has 1 aromatic heterocycles. The zero-order valence-electron chi connectivity index (χ0n) is 18.6. The summed E-state index contributed by atoms with van der Waals surface area (Å²) in [6.45, 7) is -0.228. The van der Waals surface area contributed by atoms with Crippen LogP contribution in [0.3, 0.4) is 0 Å². The van der Waals surface area contributed by atoms with Crippen LogP contribution in [0.5, 0.6) is 0 Å². The minimum atomic E-state index is -5.54. The molecule has 3 rings (SSSR count). The van der Waals surface area contributed by atoms with Crippen LogP contribution in [0.15, 0.2) is 15.8 Å². The van der Waals surface area contributed by atoms with Gasteiger partial charge in [0, 0.05) is 18.2 Å². The third-order valence-electron chi connectivity index (χ3n) is 5.43. The number of nitrogens with zero attached hydrogens (tertiary/aromatic N) is 1. The highest BCUT2D eigenvalue weighted by molar-refractivity contribution is 7.61. The molecule has 9 atom stereocenters. The van der Waals surface area contributed by atoms with Crippen LogP contribution in [0, 0.1) is 6.92 Å². The summed E-state index contributed by atoms with van der Waals surface area (Å²) in [5, 5.41) is 39.7. The quantitative estimate of drug-likeness (QED) is 0.135. The number of aryl methyl sites for hydroxylation is 1. The lowest BCUT2D eigenvalue weighted by Crippen LogP contribution is -2.62. The van der Waals surface area contributed by atoms with Gasteiger partial charge in [-0.25, -0.2) is 13.9 Å². The van der Waals surface area contributed by atoms with Crippen LogP contribution in [-0.2, 0) is 32.0 Å². The van der Waals surface area contributed by atoms with Gasteiger partial charge in [-0.05, 0) is 6.92 Å². The highest BCUT2D eigenvalue weighted by Gasteiger charge is 2.49. The molecule has 0 radical (unpaired) electrons. The summed E-state index contributed by atoms with van der Waals surface area (Å²) in [4.78, 5) is 44.0. The summed E-state index contributed by atoms with van der Waals surface area (Å²) in [5.41, 5.74) is 4.35. The molecule has 2 aliphatic rings. The van der Waals surface area contributed by atoms with Crippen LogP contribution in [0.2, 0.25) is 0 Å². The number of hydrogen-bond donors (Lipinski definition) is 8. The van der Waals surface area contributed by atoms with E-state index in [-0.39, 0.29) is 12.0 Å². The second-order valence-corrected chi connectivity index (χ2v) is 11.1. The summed E-state index contributed by atoms with van der Waals surface area (Å²) in [6, 6.07) is -1.48. The van der Waals surface area contributed by atoms with E-state index in [1.807, 2.05) is 0 Å². The number of aliphatic hydroxyl groups excluding tert-OH is 4. The molecular formula is C16H27N3O15P2. The number of phosphoric ester groups is 1. The van der Waals surface area contributed by atoms with Gasteiger partial charge in [-0.3, -0.25) is 23.4 Å². The molecule has 3 heterocycles. The van der Waals surface area contributed by atoms with Crippen molar-refractivity contribution in [3.8, 4) is 0 Å². The lowest BCUT2D eigenvalue weighted by atomic mass is 9.97. The molecule has 0 saturated carbocycles. The number of aromatic nitrogens is 2. The third kappa shape index (κ3) is 6.75. The molecule has 0 spiro atoms. The summed E-state index contributed by atoms with van der Waals surface area (Å²) in [7, 11) is -10.8. The Kier molecular flexibility index (Phi) is 9.08. The van der Waals surface area contributed by atoms with Crippen LogP contribution in [0.1, 0.15) is 18.2 Å². The van der Waals surface area contributed by atoms with Gasteiger partial charge < -0.3 is 45.4 Å². The van der Waals surface area contributed by atoms with Crippen molar-refractivity contribution in [2.24, 2.45) is 5.73 Å². The van der Waals surface area contributed by atoms with Gasteiger partial charge in [0.05, 0.1) is 25.4 Å². The van der Waals surface area contributed by atoms with Crippen molar-refractivity contribution in [2.45, 2.75) is 62.4 Å². The number of aromatic amines is 1. The summed E-state index contributed by atoms with van der Waals surface area (Å²) >= 11 is 0.